The number of amides is 4. The topological polar surface area (TPSA) is 105 Å². The second kappa shape index (κ2) is 10.9. The number of methoxy groups -OCH3 is 1. The Morgan fingerprint density at radius 2 is 1.61 bits per heavy atom. The Bertz CT molecular complexity index is 1270. The number of ether oxygens (including phenoxy) is 2. The molecule has 0 aromatic heterocycles. The number of carbonyl (C=O) groups excluding carboxylic acids is 4. The highest BCUT2D eigenvalue weighted by Crippen LogP contribution is 2.27. The molecule has 184 valence electrons. The first kappa shape index (κ1) is 24.7. The van der Waals surface area contributed by atoms with Gasteiger partial charge in [-0.15, -0.1) is 0 Å². The summed E-state index contributed by atoms with van der Waals surface area (Å²) in [7, 11) is 1.50. The Hall–Kier alpha value is -4.37. The van der Waals surface area contributed by atoms with E-state index in [0.29, 0.717) is 22.2 Å². The van der Waals surface area contributed by atoms with Gasteiger partial charge in [0.25, 0.3) is 17.7 Å². The van der Waals surface area contributed by atoms with E-state index < -0.39 is 36.3 Å². The van der Waals surface area contributed by atoms with Crippen LogP contribution in [0.3, 0.4) is 0 Å². The Balaban J connectivity index is 1.55. The summed E-state index contributed by atoms with van der Waals surface area (Å²) in [5.41, 5.74) is 3.02. The van der Waals surface area contributed by atoms with Crippen LogP contribution < -0.4 is 19.8 Å². The molecule has 1 aliphatic heterocycles. The minimum absolute atomic E-state index is 0.236. The van der Waals surface area contributed by atoms with Gasteiger partial charge in [0.05, 0.1) is 19.2 Å². The van der Waals surface area contributed by atoms with Crippen molar-refractivity contribution in [2.24, 2.45) is 0 Å². The molecule has 0 radical (unpaired) electrons. The van der Waals surface area contributed by atoms with Crippen LogP contribution in [0, 0.1) is 0 Å². The fourth-order valence-corrected chi connectivity index (χ4v) is 3.78. The van der Waals surface area contributed by atoms with Crippen LogP contribution in [-0.2, 0) is 14.4 Å². The highest BCUT2D eigenvalue weighted by atomic mass is 35.5. The molecule has 0 saturated carbocycles. The lowest BCUT2D eigenvalue weighted by Crippen LogP contribution is -2.55. The van der Waals surface area contributed by atoms with Gasteiger partial charge in [0.1, 0.15) is 17.5 Å². The molecule has 3 aromatic rings. The first-order valence-corrected chi connectivity index (χ1v) is 11.3. The van der Waals surface area contributed by atoms with Crippen molar-refractivity contribution in [3.05, 3.63) is 89.4 Å². The molecule has 4 rings (SSSR count). The van der Waals surface area contributed by atoms with Crippen molar-refractivity contribution in [3.63, 3.8) is 0 Å². The predicted octanol–water partition coefficient (Wildman–Crippen LogP) is 3.23. The molecule has 4 amide bonds. The number of halogens is 1. The minimum Gasteiger partial charge on any atom is -0.497 e. The van der Waals surface area contributed by atoms with Crippen LogP contribution >= 0.6 is 11.6 Å². The number of nitrogens with zero attached hydrogens (tertiary/aromatic N) is 2. The standard InChI is InChI=1S/C26H22ClN3O6/c1-35-20-13-9-19(10-14-20)29-24(32)15-22(26(29)34)30(25(33)17-5-3-2-4-6-17)28-23(31)16-36-21-11-7-18(27)8-12-21/h2-14,22H,15-16H2,1H3,(H,28,31). The summed E-state index contributed by atoms with van der Waals surface area (Å²) in [6.07, 6.45) is -0.304. The second-order valence-electron chi connectivity index (χ2n) is 7.80. The van der Waals surface area contributed by atoms with E-state index in [0.717, 1.165) is 9.91 Å². The fraction of sp³-hybridized carbons (Fsp3) is 0.154. The van der Waals surface area contributed by atoms with Crippen molar-refractivity contribution in [1.82, 2.24) is 10.4 Å². The zero-order valence-electron chi connectivity index (χ0n) is 19.2. The molecule has 0 bridgehead atoms. The van der Waals surface area contributed by atoms with Crippen LogP contribution in [0.5, 0.6) is 11.5 Å². The van der Waals surface area contributed by atoms with Gasteiger partial charge in [0, 0.05) is 10.6 Å². The number of hydrogen-bond donors (Lipinski definition) is 1. The third kappa shape index (κ3) is 5.47. The van der Waals surface area contributed by atoms with Crippen molar-refractivity contribution in [2.45, 2.75) is 12.5 Å². The van der Waals surface area contributed by atoms with Crippen molar-refractivity contribution >= 4 is 40.9 Å². The number of nitrogens with one attached hydrogen (secondary N) is 1. The molecular formula is C26H22ClN3O6. The zero-order chi connectivity index (χ0) is 25.7. The summed E-state index contributed by atoms with van der Waals surface area (Å²) in [6.45, 7) is -0.433. The monoisotopic (exact) mass is 507 g/mol. The maximum atomic E-state index is 13.3. The smallest absolute Gasteiger partial charge is 0.276 e. The van der Waals surface area contributed by atoms with Gasteiger partial charge in [-0.05, 0) is 60.7 Å². The molecule has 3 aromatic carbocycles. The van der Waals surface area contributed by atoms with Gasteiger partial charge in [0.15, 0.2) is 6.61 Å². The lowest BCUT2D eigenvalue weighted by Gasteiger charge is -2.28. The van der Waals surface area contributed by atoms with Gasteiger partial charge in [-0.3, -0.25) is 24.6 Å². The van der Waals surface area contributed by atoms with Crippen LogP contribution in [-0.4, -0.2) is 48.4 Å². The molecule has 0 aliphatic carbocycles. The second-order valence-corrected chi connectivity index (χ2v) is 8.24. The number of hydrazine groups is 1. The normalized spacial score (nSPS) is 14.9. The van der Waals surface area contributed by atoms with E-state index in [4.69, 9.17) is 21.1 Å². The van der Waals surface area contributed by atoms with Crippen LogP contribution in [0.4, 0.5) is 5.69 Å². The molecule has 10 heteroatoms. The van der Waals surface area contributed by atoms with Crippen molar-refractivity contribution in [3.8, 4) is 11.5 Å². The molecule has 9 nitrogen and oxygen atoms in total. The lowest BCUT2D eigenvalue weighted by atomic mass is 10.1. The Labute approximate surface area is 212 Å². The van der Waals surface area contributed by atoms with E-state index in [1.54, 1.807) is 78.9 Å². The van der Waals surface area contributed by atoms with Crippen LogP contribution in [0.25, 0.3) is 0 Å². The summed E-state index contributed by atoms with van der Waals surface area (Å²) in [5.74, 6) is -1.52. The number of imide groups is 1. The average Bonchev–Trinajstić information content (AvgIpc) is 3.20. The highest BCUT2D eigenvalue weighted by Gasteiger charge is 2.45. The highest BCUT2D eigenvalue weighted by molar-refractivity contribution is 6.30. The molecule has 1 aliphatic rings. The molecule has 1 fully saturated rings. The van der Waals surface area contributed by atoms with E-state index in [2.05, 4.69) is 5.43 Å². The van der Waals surface area contributed by atoms with E-state index in [1.807, 2.05) is 0 Å². The van der Waals surface area contributed by atoms with Crippen molar-refractivity contribution < 1.29 is 28.7 Å². The Morgan fingerprint density at radius 1 is 0.972 bits per heavy atom. The van der Waals surface area contributed by atoms with Gasteiger partial charge in [-0.2, -0.15) is 0 Å². The number of anilines is 1. The van der Waals surface area contributed by atoms with Gasteiger partial charge >= 0.3 is 0 Å². The van der Waals surface area contributed by atoms with Gasteiger partial charge in [0.2, 0.25) is 5.91 Å². The maximum absolute atomic E-state index is 13.3. The predicted molar refractivity (Wildman–Crippen MR) is 132 cm³/mol. The molecule has 1 unspecified atom stereocenters. The number of carbonyl (C=O) groups is 4. The van der Waals surface area contributed by atoms with Gasteiger partial charge in [-0.25, -0.2) is 9.91 Å². The Kier molecular flexibility index (Phi) is 7.50. The van der Waals surface area contributed by atoms with Gasteiger partial charge < -0.3 is 9.47 Å². The van der Waals surface area contributed by atoms with Crippen molar-refractivity contribution in [1.29, 1.82) is 0 Å². The van der Waals surface area contributed by atoms with Crippen LogP contribution in [0.1, 0.15) is 16.8 Å². The van der Waals surface area contributed by atoms with E-state index in [1.165, 1.54) is 7.11 Å². The van der Waals surface area contributed by atoms with Gasteiger partial charge in [-0.1, -0.05) is 29.8 Å². The van der Waals surface area contributed by atoms with E-state index >= 15 is 0 Å². The summed E-state index contributed by atoms with van der Waals surface area (Å²) >= 11 is 5.86. The largest absolute Gasteiger partial charge is 0.497 e. The maximum Gasteiger partial charge on any atom is 0.276 e. The first-order chi connectivity index (χ1) is 17.4. The lowest BCUT2D eigenvalue weighted by molar-refractivity contribution is -0.130. The molecule has 0 spiro atoms. The quantitative estimate of drug-likeness (QED) is 0.389. The third-order valence-electron chi connectivity index (χ3n) is 5.43. The van der Waals surface area contributed by atoms with Crippen LogP contribution in [0.2, 0.25) is 5.02 Å². The van der Waals surface area contributed by atoms with E-state index in [9.17, 15) is 19.2 Å². The third-order valence-corrected chi connectivity index (χ3v) is 5.69. The van der Waals surface area contributed by atoms with E-state index in [-0.39, 0.29) is 12.0 Å². The molecule has 1 atom stereocenters. The summed E-state index contributed by atoms with van der Waals surface area (Å²) in [5, 5.41) is 1.41. The zero-order valence-corrected chi connectivity index (χ0v) is 20.0. The molecule has 36 heavy (non-hydrogen) atoms. The van der Waals surface area contributed by atoms with Crippen LogP contribution in [0.15, 0.2) is 78.9 Å². The molecule has 1 saturated heterocycles. The summed E-state index contributed by atoms with van der Waals surface area (Å²) < 4.78 is 10.6. The SMILES string of the molecule is COc1ccc(N2C(=O)CC(N(NC(=O)COc3ccc(Cl)cc3)C(=O)c3ccccc3)C2=O)cc1. The molecule has 1 N–H and O–H groups in total. The number of rotatable bonds is 7. The fourth-order valence-electron chi connectivity index (χ4n) is 3.66. The molecule has 1 heterocycles. The van der Waals surface area contributed by atoms with Crippen molar-refractivity contribution in [2.75, 3.05) is 18.6 Å². The Morgan fingerprint density at radius 3 is 2.25 bits per heavy atom. The average molecular weight is 508 g/mol. The summed E-state index contributed by atoms with van der Waals surface area (Å²) in [6, 6.07) is 19.7. The first-order valence-electron chi connectivity index (χ1n) is 10.9. The summed E-state index contributed by atoms with van der Waals surface area (Å²) in [4.78, 5) is 53.2. The minimum atomic E-state index is -1.24. The molecular weight excluding hydrogens is 486 g/mol. The number of hydrogen-bond acceptors (Lipinski definition) is 6. The number of benzene rings is 3.